The van der Waals surface area contributed by atoms with E-state index in [4.69, 9.17) is 0 Å². The number of hydrogen-bond donors (Lipinski definition) is 0. The van der Waals surface area contributed by atoms with Crippen LogP contribution >= 0.6 is 0 Å². The molecule has 20 heavy (non-hydrogen) atoms. The highest BCUT2D eigenvalue weighted by molar-refractivity contribution is 5.82. The fraction of sp³-hybridized carbons (Fsp3) is 0.400. The van der Waals surface area contributed by atoms with Gasteiger partial charge in [0.05, 0.1) is 0 Å². The molecule has 0 bridgehead atoms. The van der Waals surface area contributed by atoms with Crippen molar-refractivity contribution >= 4 is 22.9 Å². The van der Waals surface area contributed by atoms with E-state index in [1.807, 2.05) is 0 Å². The lowest BCUT2D eigenvalue weighted by atomic mass is 9.91. The average molecular weight is 266 g/mol. The Hall–Kier alpha value is -1.56. The Bertz CT molecular complexity index is 655. The summed E-state index contributed by atoms with van der Waals surface area (Å²) in [5.41, 5.74) is 0.367. The third-order valence-corrected chi connectivity index (χ3v) is 3.13. The molecular weight excluding hydrogens is 240 g/mol. The van der Waals surface area contributed by atoms with E-state index in [1.165, 1.54) is 21.2 Å². The van der Waals surface area contributed by atoms with Crippen LogP contribution in [0.5, 0.6) is 0 Å². The van der Waals surface area contributed by atoms with Gasteiger partial charge in [-0.25, -0.2) is 0 Å². The molecule has 0 aliphatic rings. The fourth-order valence-electron chi connectivity index (χ4n) is 2.46. The van der Waals surface area contributed by atoms with Crippen LogP contribution in [-0.2, 0) is 0 Å². The fourth-order valence-corrected chi connectivity index (χ4v) is 2.46. The molecule has 0 saturated carbocycles. The third kappa shape index (κ3) is 3.96. The van der Waals surface area contributed by atoms with Crippen LogP contribution in [-0.4, -0.2) is 0 Å². The average Bonchev–Trinajstić information content (AvgIpc) is 2.26. The smallest absolute Gasteiger partial charge is 0.0178 e. The van der Waals surface area contributed by atoms with Crippen molar-refractivity contribution in [2.45, 2.75) is 41.5 Å². The molecule has 0 aliphatic carbocycles. The van der Waals surface area contributed by atoms with Gasteiger partial charge in [0.25, 0.3) is 0 Å². The standard InChI is InChI=1S/C20H26/c1-19(2,3)13-17-11-15-9-7-8-10-16(15)12-18(17)14-20(4,5)6/h7-14H,1-6H3/b17-13-,18-14-. The van der Waals surface area contributed by atoms with E-state index in [9.17, 15) is 0 Å². The molecule has 0 radical (unpaired) electrons. The lowest BCUT2D eigenvalue weighted by Crippen LogP contribution is -2.28. The second-order valence-electron chi connectivity index (χ2n) is 7.85. The van der Waals surface area contributed by atoms with Gasteiger partial charge < -0.3 is 0 Å². The molecular formula is C20H26. The van der Waals surface area contributed by atoms with Crippen LogP contribution in [0.1, 0.15) is 41.5 Å². The molecule has 2 rings (SSSR count). The molecule has 2 aromatic carbocycles. The van der Waals surface area contributed by atoms with Gasteiger partial charge in [0.2, 0.25) is 0 Å². The first-order valence-corrected chi connectivity index (χ1v) is 7.39. The maximum absolute atomic E-state index is 2.37. The number of rotatable bonds is 0. The Balaban J connectivity index is 2.86. The van der Waals surface area contributed by atoms with Gasteiger partial charge in [-0.05, 0) is 44.2 Å². The van der Waals surface area contributed by atoms with E-state index in [2.05, 4.69) is 90.1 Å². The summed E-state index contributed by atoms with van der Waals surface area (Å²) >= 11 is 0. The normalized spacial score (nSPS) is 15.1. The molecule has 0 aliphatic heterocycles. The summed E-state index contributed by atoms with van der Waals surface area (Å²) in [6.45, 7) is 13.5. The molecule has 0 atom stereocenters. The van der Waals surface area contributed by atoms with E-state index in [-0.39, 0.29) is 10.8 Å². The summed E-state index contributed by atoms with van der Waals surface area (Å²) < 4.78 is 0. The summed E-state index contributed by atoms with van der Waals surface area (Å²) in [7, 11) is 0. The Morgan fingerprint density at radius 1 is 0.650 bits per heavy atom. The summed E-state index contributed by atoms with van der Waals surface area (Å²) in [6.07, 6.45) is 4.74. The molecule has 0 heterocycles. The Kier molecular flexibility index (Phi) is 3.77. The Labute approximate surface area is 122 Å². The van der Waals surface area contributed by atoms with Crippen LogP contribution in [0.3, 0.4) is 0 Å². The molecule has 0 N–H and O–H groups in total. The maximum atomic E-state index is 2.37. The largest absolute Gasteiger partial charge is 0.0713 e. The molecule has 0 amide bonds. The van der Waals surface area contributed by atoms with Gasteiger partial charge in [-0.3, -0.25) is 0 Å². The van der Waals surface area contributed by atoms with Crippen molar-refractivity contribution in [3.63, 3.8) is 0 Å². The zero-order chi connectivity index (χ0) is 15.0. The number of hydrogen-bond acceptors (Lipinski definition) is 0. The predicted octanol–water partition coefficient (Wildman–Crippen LogP) is 4.49. The maximum Gasteiger partial charge on any atom is -0.0178 e. The van der Waals surface area contributed by atoms with Crippen molar-refractivity contribution in [2.75, 3.05) is 0 Å². The molecule has 0 nitrogen and oxygen atoms in total. The molecule has 0 heteroatoms. The second kappa shape index (κ2) is 5.09. The van der Waals surface area contributed by atoms with Crippen LogP contribution in [0.4, 0.5) is 0 Å². The van der Waals surface area contributed by atoms with Gasteiger partial charge in [-0.2, -0.15) is 0 Å². The summed E-state index contributed by atoms with van der Waals surface area (Å²) in [6, 6.07) is 13.2. The van der Waals surface area contributed by atoms with Crippen LogP contribution in [0.2, 0.25) is 0 Å². The van der Waals surface area contributed by atoms with Crippen molar-refractivity contribution in [3.05, 3.63) is 46.8 Å². The van der Waals surface area contributed by atoms with E-state index in [0.717, 1.165) is 0 Å². The Morgan fingerprint density at radius 3 is 1.30 bits per heavy atom. The van der Waals surface area contributed by atoms with E-state index >= 15 is 0 Å². The topological polar surface area (TPSA) is 0 Å². The summed E-state index contributed by atoms with van der Waals surface area (Å²) in [5.74, 6) is 0. The van der Waals surface area contributed by atoms with Crippen LogP contribution < -0.4 is 10.4 Å². The van der Waals surface area contributed by atoms with Gasteiger partial charge in [0.1, 0.15) is 0 Å². The van der Waals surface area contributed by atoms with Gasteiger partial charge in [0, 0.05) is 0 Å². The van der Waals surface area contributed by atoms with Crippen LogP contribution in [0.15, 0.2) is 36.4 Å². The van der Waals surface area contributed by atoms with Crippen molar-refractivity contribution < 1.29 is 0 Å². The van der Waals surface area contributed by atoms with Gasteiger partial charge in [-0.15, -0.1) is 0 Å². The number of fused-ring (bicyclic) bond motifs is 1. The second-order valence-corrected chi connectivity index (χ2v) is 7.85. The third-order valence-electron chi connectivity index (χ3n) is 3.13. The number of benzene rings is 2. The summed E-state index contributed by atoms with van der Waals surface area (Å²) in [4.78, 5) is 0. The molecule has 0 aromatic heterocycles. The minimum atomic E-state index is 0.183. The molecule has 0 spiro atoms. The highest BCUT2D eigenvalue weighted by Gasteiger charge is 2.08. The predicted molar refractivity (Wildman–Crippen MR) is 91.0 cm³/mol. The first-order chi connectivity index (χ1) is 9.14. The van der Waals surface area contributed by atoms with Crippen LogP contribution in [0.25, 0.3) is 22.9 Å². The van der Waals surface area contributed by atoms with E-state index in [1.54, 1.807) is 0 Å². The monoisotopic (exact) mass is 266 g/mol. The van der Waals surface area contributed by atoms with E-state index in [0.29, 0.717) is 0 Å². The lowest BCUT2D eigenvalue weighted by Gasteiger charge is -2.14. The van der Waals surface area contributed by atoms with Crippen molar-refractivity contribution in [3.8, 4) is 0 Å². The first-order valence-electron chi connectivity index (χ1n) is 7.39. The minimum Gasteiger partial charge on any atom is -0.0713 e. The van der Waals surface area contributed by atoms with Crippen LogP contribution in [0, 0.1) is 10.8 Å². The molecule has 0 saturated heterocycles. The highest BCUT2D eigenvalue weighted by atomic mass is 14.1. The van der Waals surface area contributed by atoms with Crippen molar-refractivity contribution in [1.82, 2.24) is 0 Å². The molecule has 2 aromatic rings. The highest BCUT2D eigenvalue weighted by Crippen LogP contribution is 2.17. The molecule has 0 unspecified atom stereocenters. The van der Waals surface area contributed by atoms with Crippen molar-refractivity contribution in [1.29, 1.82) is 0 Å². The van der Waals surface area contributed by atoms with Gasteiger partial charge in [-0.1, -0.05) is 78.0 Å². The Morgan fingerprint density at radius 2 is 1.00 bits per heavy atom. The zero-order valence-electron chi connectivity index (χ0n) is 13.6. The van der Waals surface area contributed by atoms with Gasteiger partial charge >= 0.3 is 0 Å². The van der Waals surface area contributed by atoms with Gasteiger partial charge in [0.15, 0.2) is 0 Å². The van der Waals surface area contributed by atoms with Crippen molar-refractivity contribution in [2.24, 2.45) is 10.8 Å². The van der Waals surface area contributed by atoms with E-state index < -0.39 is 0 Å². The molecule has 106 valence electrons. The minimum absolute atomic E-state index is 0.183. The summed E-state index contributed by atoms with van der Waals surface area (Å²) in [5, 5.41) is 5.31. The SMILES string of the molecule is CC(C)(C)/C=c1/cc2ccccc2c/c1=C/C(C)(C)C. The molecule has 0 fully saturated rings. The first kappa shape index (κ1) is 14.8. The quantitative estimate of drug-likeness (QED) is 0.659. The lowest BCUT2D eigenvalue weighted by molar-refractivity contribution is 0.580. The zero-order valence-corrected chi connectivity index (χ0v) is 13.6.